The van der Waals surface area contributed by atoms with Gasteiger partial charge in [0.05, 0.1) is 0 Å². The molecule has 1 fully saturated rings. The van der Waals surface area contributed by atoms with Gasteiger partial charge in [0, 0.05) is 26.2 Å². The fourth-order valence-electron chi connectivity index (χ4n) is 3.21. The number of hydrogen-bond donors (Lipinski definition) is 1. The lowest BCUT2D eigenvalue weighted by atomic mass is 9.80. The van der Waals surface area contributed by atoms with E-state index in [0.29, 0.717) is 12.0 Å². The van der Waals surface area contributed by atoms with Crippen molar-refractivity contribution in [2.75, 3.05) is 5.32 Å². The molecule has 0 aliphatic heterocycles. The van der Waals surface area contributed by atoms with Crippen molar-refractivity contribution >= 4 is 39.9 Å². The minimum Gasteiger partial charge on any atom is -0.381 e. The maximum Gasteiger partial charge on any atom is 0.0479 e. The highest BCUT2D eigenvalue weighted by atomic mass is 127. The van der Waals surface area contributed by atoms with Crippen molar-refractivity contribution in [2.45, 2.75) is 37.6 Å². The summed E-state index contributed by atoms with van der Waals surface area (Å²) >= 11 is 8.41. The van der Waals surface area contributed by atoms with Gasteiger partial charge in [0.25, 0.3) is 0 Å². The smallest absolute Gasteiger partial charge is 0.0479 e. The first-order valence-electron chi connectivity index (χ1n) is 7.50. The van der Waals surface area contributed by atoms with Crippen molar-refractivity contribution in [3.63, 3.8) is 0 Å². The van der Waals surface area contributed by atoms with Gasteiger partial charge in [-0.3, -0.25) is 0 Å². The summed E-state index contributed by atoms with van der Waals surface area (Å²) in [6.45, 7) is 0. The lowest BCUT2D eigenvalue weighted by molar-refractivity contribution is 0.405. The fourth-order valence-corrected chi connectivity index (χ4v) is 4.24. The molecular formula is C18H19ClIN. The molecule has 110 valence electrons. The number of benzene rings is 2. The molecule has 1 aliphatic carbocycles. The van der Waals surface area contributed by atoms with Gasteiger partial charge in [-0.1, -0.05) is 54.8 Å². The minimum absolute atomic E-state index is 0.510. The van der Waals surface area contributed by atoms with Gasteiger partial charge in [0.15, 0.2) is 0 Å². The van der Waals surface area contributed by atoms with Gasteiger partial charge in [-0.05, 0) is 59.2 Å². The number of nitrogens with one attached hydrogen (secondary N) is 1. The molecule has 2 unspecified atom stereocenters. The summed E-state index contributed by atoms with van der Waals surface area (Å²) in [6, 6.07) is 17.5. The van der Waals surface area contributed by atoms with E-state index in [0.717, 1.165) is 5.02 Å². The Balaban J connectivity index is 1.81. The molecule has 1 nitrogen and oxygen atoms in total. The van der Waals surface area contributed by atoms with Crippen LogP contribution in [-0.2, 0) is 0 Å². The van der Waals surface area contributed by atoms with Gasteiger partial charge >= 0.3 is 0 Å². The SMILES string of the molecule is Clc1ccc(NC2CCCCC2c2ccccc2)c(I)c1. The number of anilines is 1. The third-order valence-corrected chi connectivity index (χ3v) is 5.39. The van der Waals surface area contributed by atoms with E-state index >= 15 is 0 Å². The van der Waals surface area contributed by atoms with Crippen molar-refractivity contribution < 1.29 is 0 Å². The molecule has 0 aromatic heterocycles. The van der Waals surface area contributed by atoms with E-state index in [1.807, 2.05) is 12.1 Å². The van der Waals surface area contributed by atoms with E-state index in [4.69, 9.17) is 11.6 Å². The largest absolute Gasteiger partial charge is 0.381 e. The first-order valence-corrected chi connectivity index (χ1v) is 8.96. The van der Waals surface area contributed by atoms with Crippen LogP contribution in [0.15, 0.2) is 48.5 Å². The minimum atomic E-state index is 0.510. The van der Waals surface area contributed by atoms with Crippen LogP contribution in [0.1, 0.15) is 37.2 Å². The molecule has 1 N–H and O–H groups in total. The van der Waals surface area contributed by atoms with Gasteiger partial charge in [-0.2, -0.15) is 0 Å². The average molecular weight is 412 g/mol. The molecule has 21 heavy (non-hydrogen) atoms. The van der Waals surface area contributed by atoms with Gasteiger partial charge in [-0.15, -0.1) is 0 Å². The number of halogens is 2. The highest BCUT2D eigenvalue weighted by molar-refractivity contribution is 14.1. The Labute approximate surface area is 145 Å². The molecule has 0 amide bonds. The van der Waals surface area contributed by atoms with Crippen LogP contribution >= 0.6 is 34.2 Å². The molecule has 0 heterocycles. The molecule has 3 rings (SSSR count). The molecule has 1 aliphatic rings. The van der Waals surface area contributed by atoms with E-state index in [9.17, 15) is 0 Å². The number of rotatable bonds is 3. The summed E-state index contributed by atoms with van der Waals surface area (Å²) in [5, 5.41) is 4.56. The second-order valence-electron chi connectivity index (χ2n) is 5.68. The summed E-state index contributed by atoms with van der Waals surface area (Å²) in [7, 11) is 0. The maximum atomic E-state index is 6.05. The van der Waals surface area contributed by atoms with Crippen molar-refractivity contribution in [3.05, 3.63) is 62.7 Å². The Bertz CT molecular complexity index is 599. The summed E-state index contributed by atoms with van der Waals surface area (Å²) in [5.74, 6) is 0.603. The van der Waals surface area contributed by atoms with E-state index < -0.39 is 0 Å². The van der Waals surface area contributed by atoms with Crippen LogP contribution < -0.4 is 5.32 Å². The monoisotopic (exact) mass is 411 g/mol. The molecule has 0 spiro atoms. The van der Waals surface area contributed by atoms with Crippen molar-refractivity contribution in [3.8, 4) is 0 Å². The molecule has 0 saturated heterocycles. The Morgan fingerprint density at radius 3 is 2.52 bits per heavy atom. The Kier molecular flexibility index (Phi) is 5.07. The predicted octanol–water partition coefficient (Wildman–Crippen LogP) is 6.08. The number of hydrogen-bond acceptors (Lipinski definition) is 1. The quantitative estimate of drug-likeness (QED) is 0.603. The predicted molar refractivity (Wildman–Crippen MR) is 99.2 cm³/mol. The van der Waals surface area contributed by atoms with Crippen LogP contribution in [0.3, 0.4) is 0 Å². The molecule has 3 heteroatoms. The van der Waals surface area contributed by atoms with Crippen LogP contribution in [0, 0.1) is 3.57 Å². The van der Waals surface area contributed by atoms with Crippen LogP contribution in [0.25, 0.3) is 0 Å². The molecule has 2 atom stereocenters. The van der Waals surface area contributed by atoms with E-state index in [1.165, 1.54) is 40.5 Å². The fraction of sp³-hybridized carbons (Fsp3) is 0.333. The van der Waals surface area contributed by atoms with Gasteiger partial charge in [0.2, 0.25) is 0 Å². The standard InChI is InChI=1S/C18H19ClIN/c19-14-10-11-18(16(20)12-14)21-17-9-5-4-8-15(17)13-6-2-1-3-7-13/h1-3,6-7,10-12,15,17,21H,4-5,8-9H2. The van der Waals surface area contributed by atoms with E-state index in [-0.39, 0.29) is 0 Å². The summed E-state index contributed by atoms with van der Waals surface area (Å²) < 4.78 is 1.19. The van der Waals surface area contributed by atoms with Gasteiger partial charge < -0.3 is 5.32 Å². The molecule has 2 aromatic rings. The topological polar surface area (TPSA) is 12.0 Å². The average Bonchev–Trinajstić information content (AvgIpc) is 2.51. The normalized spacial score (nSPS) is 22.0. The van der Waals surface area contributed by atoms with Crippen LogP contribution in [-0.4, -0.2) is 6.04 Å². The molecule has 2 aromatic carbocycles. The van der Waals surface area contributed by atoms with Crippen LogP contribution in [0.5, 0.6) is 0 Å². The second kappa shape index (κ2) is 7.01. The van der Waals surface area contributed by atoms with Gasteiger partial charge in [0.1, 0.15) is 0 Å². The van der Waals surface area contributed by atoms with Crippen molar-refractivity contribution in [1.82, 2.24) is 0 Å². The highest BCUT2D eigenvalue weighted by Gasteiger charge is 2.26. The Morgan fingerprint density at radius 1 is 1.00 bits per heavy atom. The zero-order valence-electron chi connectivity index (χ0n) is 11.9. The molecule has 1 saturated carbocycles. The summed E-state index contributed by atoms with van der Waals surface area (Å²) in [5.41, 5.74) is 2.66. The van der Waals surface area contributed by atoms with Crippen LogP contribution in [0.2, 0.25) is 5.02 Å². The maximum absolute atomic E-state index is 6.05. The summed E-state index contributed by atoms with van der Waals surface area (Å²) in [4.78, 5) is 0. The van der Waals surface area contributed by atoms with Crippen molar-refractivity contribution in [1.29, 1.82) is 0 Å². The second-order valence-corrected chi connectivity index (χ2v) is 7.28. The van der Waals surface area contributed by atoms with E-state index in [1.54, 1.807) is 0 Å². The third-order valence-electron chi connectivity index (χ3n) is 4.27. The van der Waals surface area contributed by atoms with Crippen molar-refractivity contribution in [2.24, 2.45) is 0 Å². The van der Waals surface area contributed by atoms with Gasteiger partial charge in [-0.25, -0.2) is 0 Å². The first kappa shape index (κ1) is 15.2. The highest BCUT2D eigenvalue weighted by Crippen LogP contribution is 2.36. The molecule has 0 bridgehead atoms. The molecular weight excluding hydrogens is 393 g/mol. The van der Waals surface area contributed by atoms with Crippen LogP contribution in [0.4, 0.5) is 5.69 Å². The summed E-state index contributed by atoms with van der Waals surface area (Å²) in [6.07, 6.45) is 5.14. The first-order chi connectivity index (χ1) is 10.2. The van der Waals surface area contributed by atoms with E-state index in [2.05, 4.69) is 64.3 Å². The zero-order chi connectivity index (χ0) is 14.7. The zero-order valence-corrected chi connectivity index (χ0v) is 14.8. The molecule has 0 radical (unpaired) electrons. The third kappa shape index (κ3) is 3.72. The lowest BCUT2D eigenvalue weighted by Gasteiger charge is -2.33. The Morgan fingerprint density at radius 2 is 1.76 bits per heavy atom. The Hall–Kier alpha value is -0.740. The lowest BCUT2D eigenvalue weighted by Crippen LogP contribution is -2.30.